The molecular weight excluding hydrogens is 242 g/mol. The summed E-state index contributed by atoms with van der Waals surface area (Å²) in [6, 6.07) is 8.62. The molecule has 2 aromatic rings. The number of benzene rings is 1. The fourth-order valence-corrected chi connectivity index (χ4v) is 2.63. The fourth-order valence-electron chi connectivity index (χ4n) is 1.95. The molecule has 96 valence electrons. The van der Waals surface area contributed by atoms with Crippen LogP contribution in [0.4, 0.5) is 10.8 Å². The second kappa shape index (κ2) is 5.87. The van der Waals surface area contributed by atoms with Gasteiger partial charge in [0.1, 0.15) is 0 Å². The molecule has 2 rings (SSSR count). The van der Waals surface area contributed by atoms with E-state index in [1.165, 1.54) is 11.3 Å². The van der Waals surface area contributed by atoms with Gasteiger partial charge in [-0.1, -0.05) is 12.1 Å². The summed E-state index contributed by atoms with van der Waals surface area (Å²) in [6.45, 7) is 6.43. The molecule has 1 heterocycles. The standard InChI is InChI=1S/C14H19N3S/c1-4-17(5-2)12-8-6-11(7-9-12)13-10-18-14(15-3)16-13/h6-10H,4-5H2,1-3H3,(H,15,16). The molecule has 0 unspecified atom stereocenters. The van der Waals surface area contributed by atoms with Gasteiger partial charge < -0.3 is 10.2 Å². The molecule has 4 heteroatoms. The van der Waals surface area contributed by atoms with Crippen molar-refractivity contribution < 1.29 is 0 Å². The molecule has 0 saturated heterocycles. The third kappa shape index (κ3) is 2.64. The molecule has 1 N–H and O–H groups in total. The number of thiazole rings is 1. The van der Waals surface area contributed by atoms with Gasteiger partial charge in [0, 0.05) is 36.8 Å². The minimum Gasteiger partial charge on any atom is -0.372 e. The van der Waals surface area contributed by atoms with E-state index in [2.05, 4.69) is 58.7 Å². The number of hydrogen-bond acceptors (Lipinski definition) is 4. The molecule has 1 aromatic heterocycles. The van der Waals surface area contributed by atoms with Crippen LogP contribution in [0.5, 0.6) is 0 Å². The Morgan fingerprint density at radius 2 is 1.83 bits per heavy atom. The molecule has 18 heavy (non-hydrogen) atoms. The second-order valence-electron chi connectivity index (χ2n) is 4.01. The predicted octanol–water partition coefficient (Wildman–Crippen LogP) is 3.70. The van der Waals surface area contributed by atoms with Gasteiger partial charge in [-0.3, -0.25) is 0 Å². The summed E-state index contributed by atoms with van der Waals surface area (Å²) in [5.74, 6) is 0. The van der Waals surface area contributed by atoms with Crippen LogP contribution in [-0.2, 0) is 0 Å². The molecule has 0 fully saturated rings. The summed E-state index contributed by atoms with van der Waals surface area (Å²) in [5.41, 5.74) is 3.48. The van der Waals surface area contributed by atoms with Crippen LogP contribution in [0.25, 0.3) is 11.3 Å². The van der Waals surface area contributed by atoms with E-state index in [-0.39, 0.29) is 0 Å². The van der Waals surface area contributed by atoms with Gasteiger partial charge in [-0.05, 0) is 26.0 Å². The maximum Gasteiger partial charge on any atom is 0.182 e. The van der Waals surface area contributed by atoms with Crippen LogP contribution in [0, 0.1) is 0 Å². The third-order valence-electron chi connectivity index (χ3n) is 3.01. The first-order valence-electron chi connectivity index (χ1n) is 6.27. The van der Waals surface area contributed by atoms with Crippen LogP contribution in [0.2, 0.25) is 0 Å². The highest BCUT2D eigenvalue weighted by molar-refractivity contribution is 7.14. The lowest BCUT2D eigenvalue weighted by molar-refractivity contribution is 0.866. The molecular formula is C14H19N3S. The van der Waals surface area contributed by atoms with Crippen molar-refractivity contribution in [2.24, 2.45) is 0 Å². The molecule has 0 spiro atoms. The Balaban J connectivity index is 2.21. The quantitative estimate of drug-likeness (QED) is 0.889. The summed E-state index contributed by atoms with van der Waals surface area (Å²) in [6.07, 6.45) is 0. The van der Waals surface area contributed by atoms with Gasteiger partial charge in [-0.15, -0.1) is 11.3 Å². The number of anilines is 2. The molecule has 1 aromatic carbocycles. The molecule has 0 bridgehead atoms. The normalized spacial score (nSPS) is 10.4. The Hall–Kier alpha value is -1.55. The van der Waals surface area contributed by atoms with Crippen LogP contribution in [-0.4, -0.2) is 25.1 Å². The smallest absolute Gasteiger partial charge is 0.182 e. The lowest BCUT2D eigenvalue weighted by Gasteiger charge is -2.20. The van der Waals surface area contributed by atoms with Crippen molar-refractivity contribution in [3.63, 3.8) is 0 Å². The lowest BCUT2D eigenvalue weighted by Crippen LogP contribution is -2.21. The Kier molecular flexibility index (Phi) is 4.20. The fraction of sp³-hybridized carbons (Fsp3) is 0.357. The summed E-state index contributed by atoms with van der Waals surface area (Å²) in [5, 5.41) is 6.10. The first-order valence-corrected chi connectivity index (χ1v) is 7.15. The van der Waals surface area contributed by atoms with Crippen molar-refractivity contribution in [2.75, 3.05) is 30.4 Å². The van der Waals surface area contributed by atoms with Gasteiger partial charge in [-0.25, -0.2) is 4.98 Å². The maximum atomic E-state index is 4.51. The van der Waals surface area contributed by atoms with E-state index in [9.17, 15) is 0 Å². The Bertz CT molecular complexity index is 486. The van der Waals surface area contributed by atoms with Crippen LogP contribution in [0.15, 0.2) is 29.6 Å². The van der Waals surface area contributed by atoms with E-state index in [1.807, 2.05) is 7.05 Å². The van der Waals surface area contributed by atoms with Gasteiger partial charge >= 0.3 is 0 Å². The Labute approximate surface area is 112 Å². The lowest BCUT2D eigenvalue weighted by atomic mass is 10.1. The van der Waals surface area contributed by atoms with Crippen molar-refractivity contribution in [3.8, 4) is 11.3 Å². The van der Waals surface area contributed by atoms with E-state index >= 15 is 0 Å². The molecule has 0 amide bonds. The van der Waals surface area contributed by atoms with Crippen LogP contribution in [0.3, 0.4) is 0 Å². The van der Waals surface area contributed by atoms with E-state index in [4.69, 9.17) is 0 Å². The molecule has 0 radical (unpaired) electrons. The highest BCUT2D eigenvalue weighted by Crippen LogP contribution is 2.26. The molecule has 0 atom stereocenters. The molecule has 0 aliphatic rings. The van der Waals surface area contributed by atoms with Crippen LogP contribution >= 0.6 is 11.3 Å². The summed E-state index contributed by atoms with van der Waals surface area (Å²) in [4.78, 5) is 6.84. The zero-order valence-electron chi connectivity index (χ0n) is 11.1. The predicted molar refractivity (Wildman–Crippen MR) is 80.7 cm³/mol. The number of nitrogens with zero attached hydrogens (tertiary/aromatic N) is 2. The van der Waals surface area contributed by atoms with Crippen molar-refractivity contribution in [1.29, 1.82) is 0 Å². The summed E-state index contributed by atoms with van der Waals surface area (Å²) in [7, 11) is 1.89. The molecule has 0 aliphatic heterocycles. The van der Waals surface area contributed by atoms with Crippen molar-refractivity contribution >= 4 is 22.2 Å². The topological polar surface area (TPSA) is 28.2 Å². The average molecular weight is 261 g/mol. The zero-order valence-corrected chi connectivity index (χ0v) is 11.9. The summed E-state index contributed by atoms with van der Waals surface area (Å²) < 4.78 is 0. The van der Waals surface area contributed by atoms with E-state index < -0.39 is 0 Å². The second-order valence-corrected chi connectivity index (χ2v) is 4.87. The number of hydrogen-bond donors (Lipinski definition) is 1. The van der Waals surface area contributed by atoms with Gasteiger partial charge in [0.2, 0.25) is 0 Å². The number of rotatable bonds is 5. The minimum absolute atomic E-state index is 0.956. The monoisotopic (exact) mass is 261 g/mol. The first-order chi connectivity index (χ1) is 8.78. The first kappa shape index (κ1) is 12.9. The van der Waals surface area contributed by atoms with E-state index in [0.717, 1.165) is 23.9 Å². The highest BCUT2D eigenvalue weighted by atomic mass is 32.1. The molecule has 3 nitrogen and oxygen atoms in total. The molecule has 0 aliphatic carbocycles. The van der Waals surface area contributed by atoms with E-state index in [0.29, 0.717) is 0 Å². The van der Waals surface area contributed by atoms with Gasteiger partial charge in [0.15, 0.2) is 5.13 Å². The van der Waals surface area contributed by atoms with Crippen LogP contribution < -0.4 is 10.2 Å². The number of nitrogens with one attached hydrogen (secondary N) is 1. The SMILES string of the molecule is CCN(CC)c1ccc(-c2csc(NC)n2)cc1. The van der Waals surface area contributed by atoms with Crippen molar-refractivity contribution in [2.45, 2.75) is 13.8 Å². The van der Waals surface area contributed by atoms with E-state index in [1.54, 1.807) is 11.3 Å². The zero-order chi connectivity index (χ0) is 13.0. The molecule has 0 saturated carbocycles. The Morgan fingerprint density at radius 3 is 2.33 bits per heavy atom. The van der Waals surface area contributed by atoms with Crippen molar-refractivity contribution in [1.82, 2.24) is 4.98 Å². The average Bonchev–Trinajstić information content (AvgIpc) is 2.90. The van der Waals surface area contributed by atoms with Gasteiger partial charge in [-0.2, -0.15) is 0 Å². The van der Waals surface area contributed by atoms with Crippen molar-refractivity contribution in [3.05, 3.63) is 29.6 Å². The largest absolute Gasteiger partial charge is 0.372 e. The minimum atomic E-state index is 0.956. The highest BCUT2D eigenvalue weighted by Gasteiger charge is 2.05. The van der Waals surface area contributed by atoms with Gasteiger partial charge in [0.25, 0.3) is 0 Å². The maximum absolute atomic E-state index is 4.51. The van der Waals surface area contributed by atoms with Crippen LogP contribution in [0.1, 0.15) is 13.8 Å². The van der Waals surface area contributed by atoms with Gasteiger partial charge in [0.05, 0.1) is 5.69 Å². The third-order valence-corrected chi connectivity index (χ3v) is 3.87. The summed E-state index contributed by atoms with van der Waals surface area (Å²) >= 11 is 1.63. The Morgan fingerprint density at radius 1 is 1.17 bits per heavy atom. The number of aromatic nitrogens is 1.